The zero-order valence-corrected chi connectivity index (χ0v) is 32.5. The summed E-state index contributed by atoms with van der Waals surface area (Å²) in [6.45, 7) is 4.75. The van der Waals surface area contributed by atoms with Crippen molar-refractivity contribution in [1.82, 2.24) is 4.57 Å². The van der Waals surface area contributed by atoms with E-state index in [1.165, 1.54) is 90.3 Å². The van der Waals surface area contributed by atoms with Gasteiger partial charge in [-0.25, -0.2) is 0 Å². The van der Waals surface area contributed by atoms with Gasteiger partial charge in [0.25, 0.3) is 0 Å². The molecule has 0 saturated heterocycles. The highest BCUT2D eigenvalue weighted by Gasteiger charge is 2.36. The number of para-hydroxylation sites is 2. The molecule has 8 aromatic carbocycles. The summed E-state index contributed by atoms with van der Waals surface area (Å²) >= 11 is 0. The van der Waals surface area contributed by atoms with E-state index in [0.717, 1.165) is 35.6 Å². The highest BCUT2D eigenvalue weighted by atomic mass is 15.1. The third-order valence-corrected chi connectivity index (χ3v) is 12.8. The second-order valence-electron chi connectivity index (χ2n) is 16.4. The Morgan fingerprint density at radius 2 is 1.07 bits per heavy atom. The van der Waals surface area contributed by atoms with E-state index in [4.69, 9.17) is 0 Å². The summed E-state index contributed by atoms with van der Waals surface area (Å²) in [4.78, 5) is 2.49. The lowest BCUT2D eigenvalue weighted by atomic mass is 9.82. The van der Waals surface area contributed by atoms with Gasteiger partial charge in [-0.15, -0.1) is 0 Å². The van der Waals surface area contributed by atoms with Gasteiger partial charge < -0.3 is 9.47 Å². The first-order valence-corrected chi connectivity index (χ1v) is 20.5. The molecule has 0 unspecified atom stereocenters. The van der Waals surface area contributed by atoms with E-state index in [9.17, 15) is 0 Å². The van der Waals surface area contributed by atoms with Crippen LogP contribution in [0.2, 0.25) is 0 Å². The van der Waals surface area contributed by atoms with Crippen molar-refractivity contribution in [3.8, 4) is 39.1 Å². The van der Waals surface area contributed by atoms with Gasteiger partial charge in [0, 0.05) is 38.9 Å². The molecule has 274 valence electrons. The van der Waals surface area contributed by atoms with Crippen molar-refractivity contribution in [1.29, 1.82) is 0 Å². The summed E-state index contributed by atoms with van der Waals surface area (Å²) in [5, 5.41) is 2.54. The number of benzene rings is 8. The van der Waals surface area contributed by atoms with E-state index < -0.39 is 0 Å². The zero-order chi connectivity index (χ0) is 38.1. The Morgan fingerprint density at radius 3 is 1.86 bits per heavy atom. The minimum absolute atomic E-state index is 0.121. The van der Waals surface area contributed by atoms with Gasteiger partial charge in [0.2, 0.25) is 0 Å². The van der Waals surface area contributed by atoms with Crippen molar-refractivity contribution in [3.05, 3.63) is 204 Å². The van der Waals surface area contributed by atoms with Crippen molar-refractivity contribution in [3.63, 3.8) is 0 Å². The monoisotopic (exact) mass is 732 g/mol. The molecular weight excluding hydrogens is 689 g/mol. The number of hydrogen-bond acceptors (Lipinski definition) is 1. The minimum Gasteiger partial charge on any atom is -0.310 e. The molecule has 0 atom stereocenters. The van der Waals surface area contributed by atoms with Crippen LogP contribution >= 0.6 is 0 Å². The van der Waals surface area contributed by atoms with Gasteiger partial charge in [0.05, 0.1) is 11.0 Å². The van der Waals surface area contributed by atoms with Crippen LogP contribution in [0.4, 0.5) is 17.1 Å². The number of aryl methyl sites for hydroxylation is 1. The maximum atomic E-state index is 2.49. The third-order valence-electron chi connectivity index (χ3n) is 12.8. The van der Waals surface area contributed by atoms with Gasteiger partial charge in [-0.05, 0) is 136 Å². The van der Waals surface area contributed by atoms with Crippen molar-refractivity contribution >= 4 is 38.9 Å². The molecule has 0 amide bonds. The van der Waals surface area contributed by atoms with Crippen LogP contribution in [0.15, 0.2) is 182 Å². The molecule has 0 saturated carbocycles. The SMILES string of the molecule is CC1(C)c2ccccc2-c2ccc(N(c3ccc(-c4ccccc4)cc3)c3cc(-c4cccc5c4CCCC5)cc(-n4c5ccccc5c5ccccc54)c3)cc21. The minimum atomic E-state index is -0.121. The first kappa shape index (κ1) is 33.7. The molecule has 2 aliphatic rings. The molecule has 57 heavy (non-hydrogen) atoms. The molecule has 11 rings (SSSR count). The Balaban J connectivity index is 1.18. The fourth-order valence-electron chi connectivity index (χ4n) is 9.97. The summed E-state index contributed by atoms with van der Waals surface area (Å²) in [5.74, 6) is 0. The second-order valence-corrected chi connectivity index (χ2v) is 16.4. The highest BCUT2D eigenvalue weighted by molar-refractivity contribution is 6.09. The summed E-state index contributed by atoms with van der Waals surface area (Å²) in [6, 6.07) is 67.9. The van der Waals surface area contributed by atoms with Crippen LogP contribution in [0.3, 0.4) is 0 Å². The van der Waals surface area contributed by atoms with Crippen LogP contribution in [0, 0.1) is 0 Å². The molecular formula is C55H44N2. The standard InChI is InChI=1S/C55H44N2/c1-55(2)51-24-11-8-20-47(51)48-32-31-42(36-52(48)55)56(41-29-27-38(28-30-41)37-15-4-3-5-16-37)43-33-40(46-23-14-18-39-17-6-7-19-45(39)46)34-44(35-43)57-53-25-12-9-21-49(53)50-22-10-13-26-54(50)57/h3-5,8-16,18,20-36H,6-7,17,19H2,1-2H3. The van der Waals surface area contributed by atoms with Gasteiger partial charge in [0.1, 0.15) is 0 Å². The van der Waals surface area contributed by atoms with Gasteiger partial charge in [-0.3, -0.25) is 0 Å². The van der Waals surface area contributed by atoms with Crippen molar-refractivity contribution in [2.45, 2.75) is 44.9 Å². The van der Waals surface area contributed by atoms with Crippen LogP contribution in [-0.2, 0) is 18.3 Å². The molecule has 0 N–H and O–H groups in total. The van der Waals surface area contributed by atoms with Crippen LogP contribution in [0.25, 0.3) is 60.9 Å². The predicted molar refractivity (Wildman–Crippen MR) is 241 cm³/mol. The molecule has 2 nitrogen and oxygen atoms in total. The topological polar surface area (TPSA) is 8.17 Å². The normalized spacial score (nSPS) is 14.0. The van der Waals surface area contributed by atoms with E-state index in [-0.39, 0.29) is 5.41 Å². The molecule has 0 spiro atoms. The van der Waals surface area contributed by atoms with Crippen LogP contribution in [-0.4, -0.2) is 4.57 Å². The number of rotatable bonds is 6. The molecule has 9 aromatic rings. The number of anilines is 3. The van der Waals surface area contributed by atoms with Gasteiger partial charge in [-0.2, -0.15) is 0 Å². The Morgan fingerprint density at radius 1 is 0.439 bits per heavy atom. The second kappa shape index (κ2) is 13.2. The first-order valence-electron chi connectivity index (χ1n) is 20.5. The Bertz CT molecular complexity index is 2930. The molecule has 0 fully saturated rings. The molecule has 2 heteroatoms. The van der Waals surface area contributed by atoms with Crippen LogP contribution in [0.1, 0.15) is 48.9 Å². The van der Waals surface area contributed by atoms with Crippen molar-refractivity contribution < 1.29 is 0 Å². The van der Waals surface area contributed by atoms with Crippen molar-refractivity contribution in [2.24, 2.45) is 0 Å². The maximum Gasteiger partial charge on any atom is 0.0541 e. The van der Waals surface area contributed by atoms with E-state index in [0.29, 0.717) is 0 Å². The summed E-state index contributed by atoms with van der Waals surface area (Å²) in [5.41, 5.74) is 20.3. The Kier molecular flexibility index (Phi) is 7.83. The van der Waals surface area contributed by atoms with Crippen molar-refractivity contribution in [2.75, 3.05) is 4.90 Å². The fourth-order valence-corrected chi connectivity index (χ4v) is 9.97. The molecule has 0 bridgehead atoms. The van der Waals surface area contributed by atoms with E-state index in [1.807, 2.05) is 0 Å². The lowest BCUT2D eigenvalue weighted by molar-refractivity contribution is 0.660. The smallest absolute Gasteiger partial charge is 0.0541 e. The molecule has 1 heterocycles. The first-order chi connectivity index (χ1) is 28.0. The largest absolute Gasteiger partial charge is 0.310 e. The quantitative estimate of drug-likeness (QED) is 0.165. The van der Waals surface area contributed by atoms with Gasteiger partial charge in [0.15, 0.2) is 0 Å². The summed E-state index contributed by atoms with van der Waals surface area (Å²) in [6.07, 6.45) is 4.76. The number of hydrogen-bond donors (Lipinski definition) is 0. The molecule has 0 aliphatic heterocycles. The molecule has 0 radical (unpaired) electrons. The lowest BCUT2D eigenvalue weighted by Crippen LogP contribution is -2.16. The fraction of sp³-hybridized carbons (Fsp3) is 0.127. The molecule has 2 aliphatic carbocycles. The Hall–Kier alpha value is -6.64. The predicted octanol–water partition coefficient (Wildman–Crippen LogP) is 14.8. The van der Waals surface area contributed by atoms with Gasteiger partial charge in [-0.1, -0.05) is 141 Å². The van der Waals surface area contributed by atoms with Crippen LogP contribution < -0.4 is 4.90 Å². The zero-order valence-electron chi connectivity index (χ0n) is 32.5. The maximum absolute atomic E-state index is 2.49. The van der Waals surface area contributed by atoms with E-state index in [2.05, 4.69) is 205 Å². The summed E-state index contributed by atoms with van der Waals surface area (Å²) < 4.78 is 2.48. The summed E-state index contributed by atoms with van der Waals surface area (Å²) in [7, 11) is 0. The van der Waals surface area contributed by atoms with E-state index in [1.54, 1.807) is 0 Å². The molecule has 1 aromatic heterocycles. The average Bonchev–Trinajstić information content (AvgIpc) is 3.72. The van der Waals surface area contributed by atoms with Crippen LogP contribution in [0.5, 0.6) is 0 Å². The average molecular weight is 733 g/mol. The van der Waals surface area contributed by atoms with Gasteiger partial charge >= 0.3 is 0 Å². The third kappa shape index (κ3) is 5.46. The highest BCUT2D eigenvalue weighted by Crippen LogP contribution is 2.51. The van der Waals surface area contributed by atoms with E-state index >= 15 is 0 Å². The number of aromatic nitrogens is 1. The number of nitrogens with zero attached hydrogens (tertiary/aromatic N) is 2. The number of fused-ring (bicyclic) bond motifs is 7. The Labute approximate surface area is 335 Å². The lowest BCUT2D eigenvalue weighted by Gasteiger charge is -2.29.